The van der Waals surface area contributed by atoms with E-state index in [9.17, 15) is 4.79 Å². The summed E-state index contributed by atoms with van der Waals surface area (Å²) in [7, 11) is 3.30. The molecule has 4 aromatic rings. The summed E-state index contributed by atoms with van der Waals surface area (Å²) in [5, 5.41) is 0. The predicted octanol–water partition coefficient (Wildman–Crippen LogP) is 4.32. The number of aromatic nitrogens is 2. The second-order valence-electron chi connectivity index (χ2n) is 9.03. The van der Waals surface area contributed by atoms with Crippen molar-refractivity contribution in [3.05, 3.63) is 84.2 Å². The lowest BCUT2D eigenvalue weighted by molar-refractivity contribution is -0.133. The van der Waals surface area contributed by atoms with Crippen LogP contribution in [0.25, 0.3) is 16.7 Å². The van der Waals surface area contributed by atoms with E-state index in [0.717, 1.165) is 66.8 Å². The second-order valence-corrected chi connectivity index (χ2v) is 9.03. The van der Waals surface area contributed by atoms with Crippen molar-refractivity contribution >= 4 is 16.9 Å². The Labute approximate surface area is 211 Å². The van der Waals surface area contributed by atoms with Crippen LogP contribution in [0, 0.1) is 0 Å². The highest BCUT2D eigenvalue weighted by Crippen LogP contribution is 2.28. The van der Waals surface area contributed by atoms with Crippen molar-refractivity contribution < 1.29 is 14.3 Å². The van der Waals surface area contributed by atoms with E-state index in [1.165, 1.54) is 5.56 Å². The molecule has 2 heterocycles. The summed E-state index contributed by atoms with van der Waals surface area (Å²) in [6.07, 6.45) is 1.06. The van der Waals surface area contributed by atoms with Crippen LogP contribution in [0.2, 0.25) is 0 Å². The third kappa shape index (κ3) is 5.06. The van der Waals surface area contributed by atoms with Gasteiger partial charge in [0.2, 0.25) is 5.91 Å². The second kappa shape index (κ2) is 10.8. The zero-order chi connectivity index (χ0) is 24.9. The molecule has 1 saturated heterocycles. The number of imidazole rings is 1. The molecule has 0 unspecified atom stereocenters. The van der Waals surface area contributed by atoms with Crippen LogP contribution in [0.3, 0.4) is 0 Å². The van der Waals surface area contributed by atoms with E-state index >= 15 is 0 Å². The van der Waals surface area contributed by atoms with E-state index < -0.39 is 0 Å². The number of ether oxygens (including phenoxy) is 2. The van der Waals surface area contributed by atoms with Crippen LogP contribution in [0.1, 0.15) is 17.8 Å². The Kier molecular flexibility index (Phi) is 7.18. The molecular formula is C29H32N4O3. The Morgan fingerprint density at radius 1 is 0.861 bits per heavy atom. The number of nitrogens with zero attached hydrogens (tertiary/aromatic N) is 4. The summed E-state index contributed by atoms with van der Waals surface area (Å²) in [6.45, 7) is 4.00. The van der Waals surface area contributed by atoms with Gasteiger partial charge >= 0.3 is 0 Å². The molecule has 1 amide bonds. The quantitative estimate of drug-likeness (QED) is 0.373. The SMILES string of the molecule is COc1ccc(CN2CCN(C(=O)CCc3nc4ccccc4n3-c3ccccc3)CC2)cc1OC. The number of methoxy groups -OCH3 is 2. The largest absolute Gasteiger partial charge is 0.493 e. The minimum Gasteiger partial charge on any atom is -0.493 e. The van der Waals surface area contributed by atoms with Crippen molar-refractivity contribution in [3.63, 3.8) is 0 Å². The summed E-state index contributed by atoms with van der Waals surface area (Å²) in [4.78, 5) is 22.3. The van der Waals surface area contributed by atoms with E-state index in [-0.39, 0.29) is 5.91 Å². The van der Waals surface area contributed by atoms with Crippen LogP contribution in [0.5, 0.6) is 11.5 Å². The molecule has 0 spiro atoms. The van der Waals surface area contributed by atoms with Crippen molar-refractivity contribution in [2.24, 2.45) is 0 Å². The number of rotatable bonds is 8. The molecule has 1 aromatic heterocycles. The molecule has 1 fully saturated rings. The number of hydrogen-bond donors (Lipinski definition) is 0. The Hall–Kier alpha value is -3.84. The molecule has 0 atom stereocenters. The number of para-hydroxylation sites is 3. The number of aryl methyl sites for hydroxylation is 1. The first kappa shape index (κ1) is 23.9. The third-order valence-corrected chi connectivity index (χ3v) is 6.79. The van der Waals surface area contributed by atoms with Gasteiger partial charge in [0.1, 0.15) is 5.82 Å². The molecule has 36 heavy (non-hydrogen) atoms. The van der Waals surface area contributed by atoms with Gasteiger partial charge in [0.05, 0.1) is 25.3 Å². The van der Waals surface area contributed by atoms with Crippen LogP contribution in [0.15, 0.2) is 72.8 Å². The van der Waals surface area contributed by atoms with Gasteiger partial charge in [-0.1, -0.05) is 36.4 Å². The lowest BCUT2D eigenvalue weighted by atomic mass is 10.1. The van der Waals surface area contributed by atoms with E-state index in [1.54, 1.807) is 14.2 Å². The Bertz CT molecular complexity index is 1330. The summed E-state index contributed by atoms with van der Waals surface area (Å²) in [5.41, 5.74) is 4.26. The molecule has 7 nitrogen and oxygen atoms in total. The van der Waals surface area contributed by atoms with Gasteiger partial charge in [-0.15, -0.1) is 0 Å². The van der Waals surface area contributed by atoms with Crippen LogP contribution in [-0.4, -0.2) is 65.7 Å². The highest BCUT2D eigenvalue weighted by atomic mass is 16.5. The summed E-state index contributed by atoms with van der Waals surface area (Å²) < 4.78 is 12.9. The number of amides is 1. The molecule has 0 radical (unpaired) electrons. The maximum absolute atomic E-state index is 13.1. The normalized spacial score (nSPS) is 14.2. The number of carbonyl (C=O) groups excluding carboxylic acids is 1. The lowest BCUT2D eigenvalue weighted by Gasteiger charge is -2.35. The summed E-state index contributed by atoms with van der Waals surface area (Å²) >= 11 is 0. The number of hydrogen-bond acceptors (Lipinski definition) is 5. The maximum atomic E-state index is 13.1. The number of benzene rings is 3. The van der Waals surface area contributed by atoms with Crippen molar-refractivity contribution in [2.75, 3.05) is 40.4 Å². The van der Waals surface area contributed by atoms with Crippen molar-refractivity contribution in [1.82, 2.24) is 19.4 Å². The molecule has 0 N–H and O–H groups in total. The average Bonchev–Trinajstić information content (AvgIpc) is 3.31. The van der Waals surface area contributed by atoms with Crippen LogP contribution < -0.4 is 9.47 Å². The number of fused-ring (bicyclic) bond motifs is 1. The van der Waals surface area contributed by atoms with Crippen LogP contribution >= 0.6 is 0 Å². The van der Waals surface area contributed by atoms with Gasteiger partial charge in [0.25, 0.3) is 0 Å². The molecule has 0 bridgehead atoms. The summed E-state index contributed by atoms with van der Waals surface area (Å²) in [5.74, 6) is 2.58. The Balaban J connectivity index is 1.20. The smallest absolute Gasteiger partial charge is 0.223 e. The van der Waals surface area contributed by atoms with E-state index in [4.69, 9.17) is 14.5 Å². The highest BCUT2D eigenvalue weighted by Gasteiger charge is 2.22. The molecule has 5 rings (SSSR count). The molecule has 1 aliphatic heterocycles. The zero-order valence-corrected chi connectivity index (χ0v) is 20.9. The first-order chi connectivity index (χ1) is 17.7. The van der Waals surface area contributed by atoms with Crippen molar-refractivity contribution in [1.29, 1.82) is 0 Å². The van der Waals surface area contributed by atoms with Crippen LogP contribution in [0.4, 0.5) is 0 Å². The van der Waals surface area contributed by atoms with Crippen molar-refractivity contribution in [3.8, 4) is 17.2 Å². The van der Waals surface area contributed by atoms with Crippen LogP contribution in [-0.2, 0) is 17.8 Å². The minimum absolute atomic E-state index is 0.187. The molecule has 186 valence electrons. The van der Waals surface area contributed by atoms with Gasteiger partial charge in [0.15, 0.2) is 11.5 Å². The fourth-order valence-electron chi connectivity index (χ4n) is 4.88. The molecule has 3 aromatic carbocycles. The maximum Gasteiger partial charge on any atom is 0.223 e. The molecule has 0 aliphatic carbocycles. The third-order valence-electron chi connectivity index (χ3n) is 6.79. The Morgan fingerprint density at radius 3 is 2.33 bits per heavy atom. The topological polar surface area (TPSA) is 59.8 Å². The fourth-order valence-corrected chi connectivity index (χ4v) is 4.88. The van der Waals surface area contributed by atoms with Gasteiger partial charge in [0, 0.05) is 51.3 Å². The first-order valence-electron chi connectivity index (χ1n) is 12.4. The van der Waals surface area contributed by atoms with Gasteiger partial charge < -0.3 is 14.4 Å². The molecule has 1 aliphatic rings. The predicted molar refractivity (Wildman–Crippen MR) is 141 cm³/mol. The van der Waals surface area contributed by atoms with E-state index in [0.29, 0.717) is 12.8 Å². The van der Waals surface area contributed by atoms with Gasteiger partial charge in [-0.2, -0.15) is 0 Å². The minimum atomic E-state index is 0.187. The lowest BCUT2D eigenvalue weighted by Crippen LogP contribution is -2.48. The van der Waals surface area contributed by atoms with E-state index in [1.807, 2.05) is 53.4 Å². The number of carbonyl (C=O) groups is 1. The first-order valence-corrected chi connectivity index (χ1v) is 12.4. The summed E-state index contributed by atoms with van der Waals surface area (Å²) in [6, 6.07) is 24.4. The van der Waals surface area contributed by atoms with Gasteiger partial charge in [-0.25, -0.2) is 4.98 Å². The number of piperazine rings is 1. The van der Waals surface area contributed by atoms with Gasteiger partial charge in [-0.05, 0) is 42.0 Å². The van der Waals surface area contributed by atoms with Gasteiger partial charge in [-0.3, -0.25) is 14.3 Å². The standard InChI is InChI=1S/C29H32N4O3/c1-35-26-13-12-22(20-27(26)36-2)21-31-16-18-32(19-17-31)29(34)15-14-28-30-24-10-6-7-11-25(24)33(28)23-8-4-3-5-9-23/h3-13,20H,14-19,21H2,1-2H3. The molecule has 0 saturated carbocycles. The van der Waals surface area contributed by atoms with Crippen molar-refractivity contribution in [2.45, 2.75) is 19.4 Å². The Morgan fingerprint density at radius 2 is 1.58 bits per heavy atom. The zero-order valence-electron chi connectivity index (χ0n) is 20.9. The monoisotopic (exact) mass is 484 g/mol. The average molecular weight is 485 g/mol. The molecule has 7 heteroatoms. The fraction of sp³-hybridized carbons (Fsp3) is 0.310. The van der Waals surface area contributed by atoms with E-state index in [2.05, 4.69) is 33.7 Å². The highest BCUT2D eigenvalue weighted by molar-refractivity contribution is 5.79. The molecular weight excluding hydrogens is 452 g/mol.